The van der Waals surface area contributed by atoms with Crippen molar-refractivity contribution >= 4 is 29.2 Å². The van der Waals surface area contributed by atoms with Crippen molar-refractivity contribution in [1.29, 1.82) is 5.26 Å². The molecule has 0 aliphatic carbocycles. The summed E-state index contributed by atoms with van der Waals surface area (Å²) in [6.45, 7) is 2.20. The van der Waals surface area contributed by atoms with Crippen LogP contribution in [0, 0.1) is 11.3 Å². The van der Waals surface area contributed by atoms with Crippen molar-refractivity contribution in [2.75, 3.05) is 20.3 Å². The molecule has 33 heavy (non-hydrogen) atoms. The lowest BCUT2D eigenvalue weighted by molar-refractivity contribution is -0.136. The van der Waals surface area contributed by atoms with Crippen molar-refractivity contribution in [3.05, 3.63) is 82.9 Å². The van der Waals surface area contributed by atoms with Crippen LogP contribution in [0.15, 0.2) is 66.7 Å². The molecule has 0 aromatic heterocycles. The first-order valence-electron chi connectivity index (χ1n) is 10.1. The van der Waals surface area contributed by atoms with E-state index in [4.69, 9.17) is 30.5 Å². The number of carbonyl (C=O) groups excluding carboxylic acids is 1. The van der Waals surface area contributed by atoms with E-state index in [1.165, 1.54) is 7.11 Å². The van der Waals surface area contributed by atoms with Crippen LogP contribution in [0.3, 0.4) is 0 Å². The number of ether oxygens (including phenoxy) is 4. The fourth-order valence-electron chi connectivity index (χ4n) is 2.93. The van der Waals surface area contributed by atoms with Gasteiger partial charge in [-0.3, -0.25) is 0 Å². The van der Waals surface area contributed by atoms with Gasteiger partial charge in [-0.2, -0.15) is 5.26 Å². The van der Waals surface area contributed by atoms with E-state index >= 15 is 0 Å². The van der Waals surface area contributed by atoms with Gasteiger partial charge in [0.25, 0.3) is 0 Å². The van der Waals surface area contributed by atoms with E-state index in [1.807, 2.05) is 6.92 Å². The maximum atomic E-state index is 12.3. The third kappa shape index (κ3) is 6.76. The lowest BCUT2D eigenvalue weighted by atomic mass is 10.0. The van der Waals surface area contributed by atoms with Crippen LogP contribution in [0.5, 0.6) is 23.0 Å². The number of hydrogen-bond donors (Lipinski definition) is 0. The molecular weight excluding hydrogens is 442 g/mol. The molecule has 3 aromatic carbocycles. The molecule has 0 aliphatic heterocycles. The number of rotatable bonds is 9. The van der Waals surface area contributed by atoms with Crippen LogP contribution in [0.4, 0.5) is 0 Å². The zero-order valence-corrected chi connectivity index (χ0v) is 19.0. The molecule has 0 atom stereocenters. The predicted octanol–water partition coefficient (Wildman–Crippen LogP) is 5.80. The first-order valence-corrected chi connectivity index (χ1v) is 10.5. The molecule has 0 spiro atoms. The zero-order valence-electron chi connectivity index (χ0n) is 18.2. The Hall–Kier alpha value is -3.95. The van der Waals surface area contributed by atoms with Crippen LogP contribution in [-0.2, 0) is 4.79 Å². The second-order valence-corrected chi connectivity index (χ2v) is 7.19. The monoisotopic (exact) mass is 463 g/mol. The maximum Gasteiger partial charge on any atom is 0.349 e. The number of methoxy groups -OCH3 is 1. The molecular formula is C26H22ClNO5. The number of carbonyl (C=O) groups is 1. The predicted molar refractivity (Wildman–Crippen MR) is 127 cm³/mol. The van der Waals surface area contributed by atoms with Crippen molar-refractivity contribution in [2.24, 2.45) is 0 Å². The van der Waals surface area contributed by atoms with Crippen LogP contribution >= 0.6 is 11.6 Å². The first-order chi connectivity index (χ1) is 16.0. The molecule has 0 aliphatic rings. The highest BCUT2D eigenvalue weighted by Gasteiger charge is 2.12. The molecule has 0 radical (unpaired) electrons. The van der Waals surface area contributed by atoms with Gasteiger partial charge in [-0.25, -0.2) is 4.79 Å². The Labute approximate surface area is 197 Å². The molecule has 6 nitrogen and oxygen atoms in total. The van der Waals surface area contributed by atoms with Crippen LogP contribution < -0.4 is 18.9 Å². The van der Waals surface area contributed by atoms with Gasteiger partial charge in [-0.05, 0) is 72.7 Å². The van der Waals surface area contributed by atoms with E-state index in [-0.39, 0.29) is 12.4 Å². The number of hydrogen-bond acceptors (Lipinski definition) is 6. The second-order valence-electron chi connectivity index (χ2n) is 6.75. The van der Waals surface area contributed by atoms with Crippen LogP contribution in [-0.4, -0.2) is 26.3 Å². The topological polar surface area (TPSA) is 77.8 Å². The number of esters is 1. The van der Waals surface area contributed by atoms with Gasteiger partial charge in [0, 0.05) is 5.02 Å². The van der Waals surface area contributed by atoms with E-state index < -0.39 is 5.97 Å². The second kappa shape index (κ2) is 11.6. The van der Waals surface area contributed by atoms with Crippen LogP contribution in [0.2, 0.25) is 5.02 Å². The van der Waals surface area contributed by atoms with Gasteiger partial charge in [-0.15, -0.1) is 0 Å². The van der Waals surface area contributed by atoms with Gasteiger partial charge in [0.1, 0.15) is 11.5 Å². The lowest BCUT2D eigenvalue weighted by Crippen LogP contribution is -2.18. The minimum absolute atomic E-state index is 0.250. The number of benzene rings is 3. The molecule has 0 fully saturated rings. The van der Waals surface area contributed by atoms with Gasteiger partial charge in [0.05, 0.1) is 25.4 Å². The van der Waals surface area contributed by atoms with Gasteiger partial charge in [0.2, 0.25) is 0 Å². The summed E-state index contributed by atoms with van der Waals surface area (Å²) in [6.07, 6.45) is 1.71. The molecule has 0 amide bonds. The number of nitrogens with zero attached hydrogens (tertiary/aromatic N) is 1. The highest BCUT2D eigenvalue weighted by molar-refractivity contribution is 6.30. The largest absolute Gasteiger partial charge is 0.494 e. The number of nitriles is 1. The Kier molecular flexibility index (Phi) is 8.34. The Morgan fingerprint density at radius 3 is 2.24 bits per heavy atom. The third-order valence-corrected chi connectivity index (χ3v) is 4.74. The standard InChI is InChI=1S/C26H22ClNO5/c1-3-31-22-9-11-23(12-10-22)32-17-26(29)33-24-13-4-18(15-25(24)30-2)14-20(16-28)19-5-7-21(27)8-6-19/h4-15H,3,17H2,1-2H3/b20-14+. The molecule has 0 bridgehead atoms. The first kappa shape index (κ1) is 23.7. The summed E-state index contributed by atoms with van der Waals surface area (Å²) >= 11 is 5.92. The Balaban J connectivity index is 1.67. The molecule has 168 valence electrons. The molecule has 0 saturated carbocycles. The van der Waals surface area contributed by atoms with E-state index in [9.17, 15) is 10.1 Å². The SMILES string of the molecule is CCOc1ccc(OCC(=O)Oc2ccc(/C=C(\C#N)c3ccc(Cl)cc3)cc2OC)cc1. The fourth-order valence-corrected chi connectivity index (χ4v) is 3.05. The minimum atomic E-state index is -0.579. The van der Waals surface area contributed by atoms with Gasteiger partial charge >= 0.3 is 5.97 Å². The molecule has 0 saturated heterocycles. The molecule has 0 N–H and O–H groups in total. The minimum Gasteiger partial charge on any atom is -0.494 e. The summed E-state index contributed by atoms with van der Waals surface area (Å²) in [5.41, 5.74) is 1.91. The highest BCUT2D eigenvalue weighted by atomic mass is 35.5. The molecule has 0 heterocycles. The Bertz CT molecular complexity index is 1160. The fraction of sp³-hybridized carbons (Fsp3) is 0.154. The quantitative estimate of drug-likeness (QED) is 0.173. The Morgan fingerprint density at radius 2 is 1.64 bits per heavy atom. The summed E-state index contributed by atoms with van der Waals surface area (Å²) < 4.78 is 21.6. The summed E-state index contributed by atoms with van der Waals surface area (Å²) in [5, 5.41) is 10.1. The van der Waals surface area contributed by atoms with E-state index in [0.29, 0.717) is 34.3 Å². The van der Waals surface area contributed by atoms with Crippen molar-refractivity contribution in [3.8, 4) is 29.1 Å². The number of halogens is 1. The maximum absolute atomic E-state index is 12.3. The summed E-state index contributed by atoms with van der Waals surface area (Å²) in [5.74, 6) is 1.27. The smallest absolute Gasteiger partial charge is 0.349 e. The number of allylic oxidation sites excluding steroid dienone is 1. The molecule has 0 unspecified atom stereocenters. The average molecular weight is 464 g/mol. The normalized spacial score (nSPS) is 10.8. The van der Waals surface area contributed by atoms with Crippen molar-refractivity contribution in [2.45, 2.75) is 6.92 Å². The van der Waals surface area contributed by atoms with E-state index in [2.05, 4.69) is 6.07 Å². The van der Waals surface area contributed by atoms with Crippen molar-refractivity contribution in [1.82, 2.24) is 0 Å². The van der Waals surface area contributed by atoms with Crippen molar-refractivity contribution < 1.29 is 23.7 Å². The average Bonchev–Trinajstić information content (AvgIpc) is 2.83. The zero-order chi connectivity index (χ0) is 23.6. The van der Waals surface area contributed by atoms with Gasteiger partial charge in [0.15, 0.2) is 18.1 Å². The Morgan fingerprint density at radius 1 is 0.970 bits per heavy atom. The van der Waals surface area contributed by atoms with Crippen LogP contribution in [0.1, 0.15) is 18.1 Å². The van der Waals surface area contributed by atoms with Crippen molar-refractivity contribution in [3.63, 3.8) is 0 Å². The van der Waals surface area contributed by atoms with Gasteiger partial charge < -0.3 is 18.9 Å². The summed E-state index contributed by atoms with van der Waals surface area (Å²) in [6, 6.07) is 21.1. The summed E-state index contributed by atoms with van der Waals surface area (Å²) in [4.78, 5) is 12.3. The summed E-state index contributed by atoms with van der Waals surface area (Å²) in [7, 11) is 1.47. The van der Waals surface area contributed by atoms with Gasteiger partial charge in [-0.1, -0.05) is 29.8 Å². The highest BCUT2D eigenvalue weighted by Crippen LogP contribution is 2.30. The van der Waals surface area contributed by atoms with E-state index in [0.717, 1.165) is 11.3 Å². The lowest BCUT2D eigenvalue weighted by Gasteiger charge is -2.11. The molecule has 3 rings (SSSR count). The molecule has 3 aromatic rings. The molecule has 7 heteroatoms. The van der Waals surface area contributed by atoms with E-state index in [1.54, 1.807) is 72.8 Å². The third-order valence-electron chi connectivity index (χ3n) is 4.49. The van der Waals surface area contributed by atoms with Crippen LogP contribution in [0.25, 0.3) is 11.6 Å².